The molecular weight excluding hydrogens is 396 g/mol. The van der Waals surface area contributed by atoms with Crippen LogP contribution in [0, 0.1) is 13.8 Å². The first-order valence-corrected chi connectivity index (χ1v) is 9.78. The number of anilines is 1. The molecule has 0 fully saturated rings. The van der Waals surface area contributed by atoms with Crippen LogP contribution in [0.1, 0.15) is 11.1 Å². The largest absolute Gasteiger partial charge is 0.435 e. The molecule has 0 radical (unpaired) electrons. The molecule has 0 aliphatic carbocycles. The van der Waals surface area contributed by atoms with Crippen LogP contribution in [0.15, 0.2) is 59.9 Å². The van der Waals surface area contributed by atoms with Crippen molar-refractivity contribution in [1.82, 2.24) is 9.97 Å². The lowest BCUT2D eigenvalue weighted by Crippen LogP contribution is -2.15. The van der Waals surface area contributed by atoms with Gasteiger partial charge in [-0.2, -0.15) is 8.78 Å². The average Bonchev–Trinajstić information content (AvgIpc) is 2.70. The van der Waals surface area contributed by atoms with Gasteiger partial charge in [-0.3, -0.25) is 4.79 Å². The number of aryl methyl sites for hydroxylation is 1. The van der Waals surface area contributed by atoms with Crippen molar-refractivity contribution in [2.24, 2.45) is 0 Å². The summed E-state index contributed by atoms with van der Waals surface area (Å²) >= 11 is 1.20. The minimum Gasteiger partial charge on any atom is -0.435 e. The first-order valence-electron chi connectivity index (χ1n) is 8.79. The molecule has 1 N–H and O–H groups in total. The summed E-state index contributed by atoms with van der Waals surface area (Å²) in [6.45, 7) is 1.05. The number of rotatable bonds is 7. The third-order valence-electron chi connectivity index (χ3n) is 4.20. The minimum absolute atomic E-state index is 0.0539. The summed E-state index contributed by atoms with van der Waals surface area (Å²) in [6, 6.07) is 13.7. The molecule has 0 aliphatic heterocycles. The number of thioether (sulfide) groups is 1. The van der Waals surface area contributed by atoms with E-state index in [9.17, 15) is 13.6 Å². The molecular formula is C21H19F2N3O2S. The predicted molar refractivity (Wildman–Crippen MR) is 109 cm³/mol. The summed E-state index contributed by atoms with van der Waals surface area (Å²) in [5.41, 5.74) is 4.07. The number of nitrogens with one attached hydrogen (secondary N) is 1. The monoisotopic (exact) mass is 415 g/mol. The van der Waals surface area contributed by atoms with Crippen LogP contribution < -0.4 is 10.1 Å². The van der Waals surface area contributed by atoms with Crippen LogP contribution in [0.3, 0.4) is 0 Å². The zero-order valence-corrected chi connectivity index (χ0v) is 16.7. The van der Waals surface area contributed by atoms with E-state index in [0.717, 1.165) is 16.8 Å². The highest BCUT2D eigenvalue weighted by atomic mass is 32.2. The van der Waals surface area contributed by atoms with Crippen molar-refractivity contribution in [3.05, 3.63) is 65.9 Å². The average molecular weight is 415 g/mol. The van der Waals surface area contributed by atoms with Crippen LogP contribution >= 0.6 is 11.8 Å². The van der Waals surface area contributed by atoms with E-state index in [1.807, 2.05) is 32.0 Å². The van der Waals surface area contributed by atoms with E-state index in [1.54, 1.807) is 24.4 Å². The Balaban J connectivity index is 1.66. The molecule has 3 aromatic rings. The zero-order chi connectivity index (χ0) is 20.8. The lowest BCUT2D eigenvalue weighted by Gasteiger charge is -2.10. The van der Waals surface area contributed by atoms with Gasteiger partial charge in [-0.15, -0.1) is 0 Å². The predicted octanol–water partition coefficient (Wildman–Crippen LogP) is 5.09. The Morgan fingerprint density at radius 1 is 1.17 bits per heavy atom. The van der Waals surface area contributed by atoms with Crippen molar-refractivity contribution in [2.75, 3.05) is 11.1 Å². The number of hydrogen-bond donors (Lipinski definition) is 1. The van der Waals surface area contributed by atoms with Crippen LogP contribution in [0.5, 0.6) is 5.75 Å². The number of ether oxygens (including phenoxy) is 1. The van der Waals surface area contributed by atoms with E-state index in [1.165, 1.54) is 23.9 Å². The number of halogens is 2. The summed E-state index contributed by atoms with van der Waals surface area (Å²) in [5, 5.41) is 3.31. The van der Waals surface area contributed by atoms with E-state index in [0.29, 0.717) is 16.4 Å². The smallest absolute Gasteiger partial charge is 0.387 e. The number of aromatic nitrogens is 2. The van der Waals surface area contributed by atoms with Crippen molar-refractivity contribution < 1.29 is 18.3 Å². The Kier molecular flexibility index (Phi) is 6.77. The molecule has 5 nitrogen and oxygen atoms in total. The van der Waals surface area contributed by atoms with Gasteiger partial charge in [0.25, 0.3) is 0 Å². The molecule has 0 bridgehead atoms. The Labute approximate surface area is 171 Å². The molecule has 1 aromatic heterocycles. The standard InChI is InChI=1S/C21H19F2N3O2S/c1-13-5-3-8-17(14(13)2)25-19(27)12-29-21-24-10-9-18(26-21)15-6-4-7-16(11-15)28-20(22)23/h3-11,20H,12H2,1-2H3,(H,25,27). The van der Waals surface area contributed by atoms with E-state index in [-0.39, 0.29) is 17.4 Å². The fourth-order valence-corrected chi connectivity index (χ4v) is 3.24. The van der Waals surface area contributed by atoms with Gasteiger partial charge in [0.15, 0.2) is 5.16 Å². The summed E-state index contributed by atoms with van der Waals surface area (Å²) in [5.74, 6) is 0.0361. The molecule has 1 amide bonds. The third kappa shape index (κ3) is 5.74. The molecule has 150 valence electrons. The lowest BCUT2D eigenvalue weighted by molar-refractivity contribution is -0.113. The quantitative estimate of drug-likeness (QED) is 0.430. The number of amides is 1. The minimum atomic E-state index is -2.89. The fourth-order valence-electron chi connectivity index (χ4n) is 2.61. The topological polar surface area (TPSA) is 64.1 Å². The summed E-state index contributed by atoms with van der Waals surface area (Å²) < 4.78 is 29.2. The van der Waals surface area contributed by atoms with Gasteiger partial charge in [0.2, 0.25) is 5.91 Å². The van der Waals surface area contributed by atoms with Gasteiger partial charge in [0.05, 0.1) is 11.4 Å². The van der Waals surface area contributed by atoms with Crippen LogP contribution in [0.2, 0.25) is 0 Å². The second-order valence-corrected chi connectivity index (χ2v) is 7.16. The Hall–Kier alpha value is -3.00. The van der Waals surface area contributed by atoms with Crippen LogP contribution in [0.4, 0.5) is 14.5 Å². The molecule has 2 aromatic carbocycles. The van der Waals surface area contributed by atoms with Crippen molar-refractivity contribution in [1.29, 1.82) is 0 Å². The number of hydrogen-bond acceptors (Lipinski definition) is 5. The highest BCUT2D eigenvalue weighted by Crippen LogP contribution is 2.25. The molecule has 0 atom stereocenters. The van der Waals surface area contributed by atoms with Gasteiger partial charge < -0.3 is 10.1 Å². The SMILES string of the molecule is Cc1cccc(NC(=O)CSc2nccc(-c3cccc(OC(F)F)c3)n2)c1C. The molecule has 8 heteroatoms. The van der Waals surface area contributed by atoms with E-state index < -0.39 is 6.61 Å². The Bertz CT molecular complexity index is 1010. The van der Waals surface area contributed by atoms with Gasteiger partial charge in [-0.05, 0) is 49.2 Å². The summed E-state index contributed by atoms with van der Waals surface area (Å²) in [6.07, 6.45) is 1.56. The summed E-state index contributed by atoms with van der Waals surface area (Å²) in [4.78, 5) is 20.8. The van der Waals surface area contributed by atoms with Gasteiger partial charge in [-0.1, -0.05) is 36.0 Å². The van der Waals surface area contributed by atoms with E-state index in [2.05, 4.69) is 20.0 Å². The van der Waals surface area contributed by atoms with Gasteiger partial charge in [0.1, 0.15) is 5.75 Å². The number of carbonyl (C=O) groups is 1. The number of benzene rings is 2. The normalized spacial score (nSPS) is 10.8. The summed E-state index contributed by atoms with van der Waals surface area (Å²) in [7, 11) is 0. The second kappa shape index (κ2) is 9.47. The maximum atomic E-state index is 12.4. The van der Waals surface area contributed by atoms with Crippen molar-refractivity contribution in [3.63, 3.8) is 0 Å². The van der Waals surface area contributed by atoms with Crippen molar-refractivity contribution >= 4 is 23.4 Å². The molecule has 3 rings (SSSR count). The number of carbonyl (C=O) groups excluding carboxylic acids is 1. The van der Waals surface area contributed by atoms with Crippen LogP contribution in [-0.2, 0) is 4.79 Å². The molecule has 29 heavy (non-hydrogen) atoms. The van der Waals surface area contributed by atoms with Gasteiger partial charge in [-0.25, -0.2) is 9.97 Å². The maximum Gasteiger partial charge on any atom is 0.387 e. The third-order valence-corrected chi connectivity index (χ3v) is 5.06. The van der Waals surface area contributed by atoms with E-state index in [4.69, 9.17) is 0 Å². The lowest BCUT2D eigenvalue weighted by atomic mass is 10.1. The highest BCUT2D eigenvalue weighted by molar-refractivity contribution is 7.99. The van der Waals surface area contributed by atoms with E-state index >= 15 is 0 Å². The van der Waals surface area contributed by atoms with Gasteiger partial charge in [0, 0.05) is 17.4 Å². The zero-order valence-electron chi connectivity index (χ0n) is 15.9. The molecule has 0 saturated carbocycles. The Morgan fingerprint density at radius 2 is 1.97 bits per heavy atom. The maximum absolute atomic E-state index is 12.4. The molecule has 0 saturated heterocycles. The molecule has 0 aliphatic rings. The van der Waals surface area contributed by atoms with Crippen molar-refractivity contribution in [3.8, 4) is 17.0 Å². The Morgan fingerprint density at radius 3 is 2.76 bits per heavy atom. The molecule has 0 spiro atoms. The van der Waals surface area contributed by atoms with Crippen LogP contribution in [-0.4, -0.2) is 28.2 Å². The highest BCUT2D eigenvalue weighted by Gasteiger charge is 2.10. The first-order chi connectivity index (χ1) is 13.9. The van der Waals surface area contributed by atoms with Gasteiger partial charge >= 0.3 is 6.61 Å². The number of nitrogens with zero attached hydrogens (tertiary/aromatic N) is 2. The molecule has 0 unspecified atom stereocenters. The number of alkyl halides is 2. The fraction of sp³-hybridized carbons (Fsp3) is 0.190. The second-order valence-electron chi connectivity index (χ2n) is 6.22. The first kappa shape index (κ1) is 20.7. The molecule has 1 heterocycles. The van der Waals surface area contributed by atoms with Crippen LogP contribution in [0.25, 0.3) is 11.3 Å². The van der Waals surface area contributed by atoms with Crippen molar-refractivity contribution in [2.45, 2.75) is 25.6 Å².